The van der Waals surface area contributed by atoms with Gasteiger partial charge in [0.25, 0.3) is 0 Å². The van der Waals surface area contributed by atoms with Gasteiger partial charge < -0.3 is 14.8 Å². The van der Waals surface area contributed by atoms with Crippen LogP contribution in [0.3, 0.4) is 0 Å². The van der Waals surface area contributed by atoms with Crippen molar-refractivity contribution in [1.82, 2.24) is 14.9 Å². The fourth-order valence-corrected chi connectivity index (χ4v) is 5.26. The zero-order chi connectivity index (χ0) is 20.5. The van der Waals surface area contributed by atoms with E-state index in [2.05, 4.69) is 44.3 Å². The molecule has 154 valence electrons. The topological polar surface area (TPSA) is 33.1 Å². The quantitative estimate of drug-likeness (QED) is 0.492. The van der Waals surface area contributed by atoms with Crippen molar-refractivity contribution in [2.75, 3.05) is 4.90 Å². The second-order valence-electron chi connectivity index (χ2n) is 8.16. The number of benzene rings is 1. The van der Waals surface area contributed by atoms with Gasteiger partial charge in [0.05, 0.1) is 17.8 Å². The van der Waals surface area contributed by atoms with Crippen molar-refractivity contribution in [2.45, 2.75) is 50.2 Å². The fraction of sp³-hybridized carbons (Fsp3) is 0.333. The molecular weight excluding hydrogens is 412 g/mol. The summed E-state index contributed by atoms with van der Waals surface area (Å²) in [5.74, 6) is 0. The number of rotatable bonds is 4. The van der Waals surface area contributed by atoms with Crippen molar-refractivity contribution in [3.63, 3.8) is 0 Å². The van der Waals surface area contributed by atoms with E-state index in [0.717, 1.165) is 16.4 Å². The summed E-state index contributed by atoms with van der Waals surface area (Å²) in [6.07, 6.45) is 12.9. The third kappa shape index (κ3) is 3.72. The van der Waals surface area contributed by atoms with Crippen molar-refractivity contribution in [2.24, 2.45) is 0 Å². The number of hydrogen-bond donors (Lipinski definition) is 1. The first-order valence-electron chi connectivity index (χ1n) is 10.6. The zero-order valence-electron chi connectivity index (χ0n) is 16.7. The third-order valence-corrected chi connectivity index (χ3v) is 6.84. The number of nitrogens with one attached hydrogen (secondary N) is 1. The van der Waals surface area contributed by atoms with Gasteiger partial charge in [-0.15, -0.1) is 0 Å². The van der Waals surface area contributed by atoms with E-state index >= 15 is 0 Å². The van der Waals surface area contributed by atoms with Crippen LogP contribution in [0, 0.1) is 0 Å². The summed E-state index contributed by atoms with van der Waals surface area (Å²) >= 11 is 11.9. The molecule has 6 heteroatoms. The molecule has 3 heterocycles. The normalized spacial score (nSPS) is 22.3. The molecule has 0 radical (unpaired) electrons. The van der Waals surface area contributed by atoms with Crippen molar-refractivity contribution >= 4 is 34.6 Å². The number of aromatic nitrogens is 2. The predicted octanol–water partition coefficient (Wildman–Crippen LogP) is 6.22. The van der Waals surface area contributed by atoms with Gasteiger partial charge >= 0.3 is 0 Å². The van der Waals surface area contributed by atoms with Crippen LogP contribution in [0.1, 0.15) is 61.5 Å². The lowest BCUT2D eigenvalue weighted by Crippen LogP contribution is -2.29. The molecule has 2 atom stereocenters. The maximum Gasteiger partial charge on any atom is 0.174 e. The van der Waals surface area contributed by atoms with Crippen LogP contribution >= 0.6 is 23.8 Å². The molecule has 0 amide bonds. The number of anilines is 1. The van der Waals surface area contributed by atoms with Gasteiger partial charge in [0.2, 0.25) is 0 Å². The van der Waals surface area contributed by atoms with E-state index in [1.807, 2.05) is 42.6 Å². The lowest BCUT2D eigenvalue weighted by Gasteiger charge is -2.28. The maximum absolute atomic E-state index is 6.14. The molecule has 1 N–H and O–H groups in total. The van der Waals surface area contributed by atoms with Crippen molar-refractivity contribution < 1.29 is 0 Å². The molecule has 2 fully saturated rings. The van der Waals surface area contributed by atoms with Crippen molar-refractivity contribution in [1.29, 1.82) is 0 Å². The van der Waals surface area contributed by atoms with E-state index in [-0.39, 0.29) is 12.1 Å². The van der Waals surface area contributed by atoms with E-state index in [4.69, 9.17) is 23.8 Å². The Morgan fingerprint density at radius 2 is 1.80 bits per heavy atom. The van der Waals surface area contributed by atoms with Gasteiger partial charge in [0, 0.05) is 35.3 Å². The number of nitrogens with zero attached hydrogens (tertiary/aromatic N) is 3. The summed E-state index contributed by atoms with van der Waals surface area (Å²) in [6, 6.07) is 16.8. The Bertz CT molecular complexity index is 1010. The highest BCUT2D eigenvalue weighted by Gasteiger charge is 2.41. The largest absolute Gasteiger partial charge is 0.351 e. The van der Waals surface area contributed by atoms with Crippen LogP contribution in [0.2, 0.25) is 5.02 Å². The first-order chi connectivity index (χ1) is 14.7. The first kappa shape index (κ1) is 19.6. The van der Waals surface area contributed by atoms with Crippen LogP contribution in [0.25, 0.3) is 0 Å². The van der Waals surface area contributed by atoms with Crippen LogP contribution in [0.15, 0.2) is 67.1 Å². The second kappa shape index (κ2) is 8.40. The van der Waals surface area contributed by atoms with Crippen LogP contribution in [-0.2, 0) is 0 Å². The average molecular weight is 437 g/mol. The van der Waals surface area contributed by atoms with E-state index in [0.29, 0.717) is 11.2 Å². The number of thiocarbonyl (C=S) groups is 1. The van der Waals surface area contributed by atoms with Gasteiger partial charge in [0.15, 0.2) is 5.11 Å². The Hall–Kier alpha value is -2.37. The Morgan fingerprint density at radius 3 is 2.53 bits per heavy atom. The summed E-state index contributed by atoms with van der Waals surface area (Å²) in [5.41, 5.74) is 3.27. The predicted molar refractivity (Wildman–Crippen MR) is 126 cm³/mol. The molecule has 2 aromatic heterocycles. The van der Waals surface area contributed by atoms with Crippen LogP contribution in [-0.4, -0.2) is 14.7 Å². The van der Waals surface area contributed by atoms with Crippen LogP contribution in [0.4, 0.5) is 5.69 Å². The zero-order valence-corrected chi connectivity index (χ0v) is 18.3. The first-order valence-corrected chi connectivity index (χ1v) is 11.4. The fourth-order valence-electron chi connectivity index (χ4n) is 4.79. The monoisotopic (exact) mass is 436 g/mol. The molecule has 1 saturated carbocycles. The van der Waals surface area contributed by atoms with Crippen LogP contribution in [0.5, 0.6) is 0 Å². The highest BCUT2D eigenvalue weighted by atomic mass is 35.5. The highest BCUT2D eigenvalue weighted by molar-refractivity contribution is 7.80. The summed E-state index contributed by atoms with van der Waals surface area (Å²) in [6.45, 7) is 0. The molecule has 5 rings (SSSR count). The molecule has 1 aliphatic heterocycles. The molecule has 3 aromatic rings. The number of pyridine rings is 1. The lowest BCUT2D eigenvalue weighted by molar-refractivity contribution is 0.353. The summed E-state index contributed by atoms with van der Waals surface area (Å²) in [7, 11) is 0. The molecule has 0 bridgehead atoms. The summed E-state index contributed by atoms with van der Waals surface area (Å²) < 4.78 is 2.41. The van der Waals surface area contributed by atoms with E-state index < -0.39 is 0 Å². The molecule has 4 nitrogen and oxygen atoms in total. The van der Waals surface area contributed by atoms with E-state index in [9.17, 15) is 0 Å². The van der Waals surface area contributed by atoms with Gasteiger partial charge in [-0.25, -0.2) is 0 Å². The van der Waals surface area contributed by atoms with Gasteiger partial charge in [-0.3, -0.25) is 4.98 Å². The minimum Gasteiger partial charge on any atom is -0.351 e. The molecular formula is C24H25ClN4S. The Kier molecular flexibility index (Phi) is 5.48. The maximum atomic E-state index is 6.14. The Morgan fingerprint density at radius 1 is 1.00 bits per heavy atom. The smallest absolute Gasteiger partial charge is 0.174 e. The average Bonchev–Trinajstić information content (AvgIpc) is 3.40. The van der Waals surface area contributed by atoms with Crippen LogP contribution < -0.4 is 10.2 Å². The van der Waals surface area contributed by atoms with Crippen molar-refractivity contribution in [3.05, 3.63) is 83.4 Å². The minimum absolute atomic E-state index is 0.0171. The highest BCUT2D eigenvalue weighted by Crippen LogP contribution is 2.42. The second-order valence-corrected chi connectivity index (χ2v) is 8.98. The molecule has 1 aromatic carbocycles. The summed E-state index contributed by atoms with van der Waals surface area (Å²) in [4.78, 5) is 6.83. The SMILES string of the molecule is S=C1N[C@H](c2ccccn2)[C@H](c2ccn(C3CCCCC3)c2)N1c1ccc(Cl)cc1. The number of hydrogen-bond acceptors (Lipinski definition) is 2. The minimum atomic E-state index is -0.0171. The van der Waals surface area contributed by atoms with Gasteiger partial charge in [-0.05, 0) is 73.1 Å². The van der Waals surface area contributed by atoms with Gasteiger partial charge in [0.1, 0.15) is 0 Å². The standard InChI is InChI=1S/C24H25ClN4S/c25-18-9-11-20(12-10-18)29-23(22(27-24(29)30)21-8-4-5-14-26-21)17-13-15-28(16-17)19-6-2-1-3-7-19/h4-5,8-16,19,22-23H,1-3,6-7H2,(H,27,30)/t22-,23+/m1/s1. The van der Waals surface area contributed by atoms with Crippen molar-refractivity contribution in [3.8, 4) is 0 Å². The van der Waals surface area contributed by atoms with Gasteiger partial charge in [-0.1, -0.05) is 36.9 Å². The molecule has 1 saturated heterocycles. The molecule has 0 spiro atoms. The molecule has 30 heavy (non-hydrogen) atoms. The number of halogens is 1. The summed E-state index contributed by atoms with van der Waals surface area (Å²) in [5, 5.41) is 4.96. The lowest BCUT2D eigenvalue weighted by atomic mass is 9.95. The Labute approximate surface area is 187 Å². The van der Waals surface area contributed by atoms with E-state index in [1.165, 1.54) is 37.7 Å². The Balaban J connectivity index is 1.54. The van der Waals surface area contributed by atoms with Gasteiger partial charge in [-0.2, -0.15) is 0 Å². The third-order valence-electron chi connectivity index (χ3n) is 6.28. The molecule has 0 unspecified atom stereocenters. The molecule has 2 aliphatic rings. The molecule has 1 aliphatic carbocycles. The van der Waals surface area contributed by atoms with E-state index in [1.54, 1.807) is 0 Å².